The van der Waals surface area contributed by atoms with Gasteiger partial charge in [-0.05, 0) is 43.0 Å². The molecule has 1 saturated carbocycles. The molecule has 3 aliphatic rings. The van der Waals surface area contributed by atoms with Gasteiger partial charge in [-0.3, -0.25) is 4.79 Å². The quantitative estimate of drug-likeness (QED) is 0.539. The van der Waals surface area contributed by atoms with Crippen LogP contribution in [0.1, 0.15) is 43.4 Å². The Morgan fingerprint density at radius 2 is 2.21 bits per heavy atom. The lowest BCUT2D eigenvalue weighted by Crippen LogP contribution is -2.50. The first-order valence-corrected chi connectivity index (χ1v) is 10.6. The van der Waals surface area contributed by atoms with Crippen LogP contribution in [0, 0.1) is 0 Å². The topological polar surface area (TPSA) is 84.1 Å². The van der Waals surface area contributed by atoms with Gasteiger partial charge < -0.3 is 29.9 Å². The summed E-state index contributed by atoms with van der Waals surface area (Å²) < 4.78 is 16.9. The Hall–Kier alpha value is -1.87. The summed E-state index contributed by atoms with van der Waals surface area (Å²) in [6.45, 7) is 6.07. The molecule has 3 N–H and O–H groups in total. The number of ether oxygens (including phenoxy) is 3. The third-order valence-electron chi connectivity index (χ3n) is 5.75. The van der Waals surface area contributed by atoms with Crippen molar-refractivity contribution in [3.63, 3.8) is 0 Å². The van der Waals surface area contributed by atoms with E-state index in [0.717, 1.165) is 54.9 Å². The molecule has 2 atom stereocenters. The minimum atomic E-state index is -0.394. The predicted molar refractivity (Wildman–Crippen MR) is 110 cm³/mol. The second kappa shape index (κ2) is 9.30. The largest absolute Gasteiger partial charge is 0.491 e. The summed E-state index contributed by atoms with van der Waals surface area (Å²) in [6, 6.07) is 4.52. The number of anilines is 1. The molecule has 4 rings (SSSR count). The number of nitrogens with zero attached hydrogens (tertiary/aromatic N) is 1. The molecule has 2 heterocycles. The highest BCUT2D eigenvalue weighted by molar-refractivity contribution is 5.82. The third kappa shape index (κ3) is 4.66. The molecule has 0 spiro atoms. The lowest BCUT2D eigenvalue weighted by Gasteiger charge is -2.34. The number of hydrazine groups is 1. The van der Waals surface area contributed by atoms with E-state index in [0.29, 0.717) is 32.4 Å². The molecule has 1 amide bonds. The van der Waals surface area contributed by atoms with E-state index < -0.39 is 6.10 Å². The number of morpholine rings is 1. The lowest BCUT2D eigenvalue weighted by atomic mass is 10.0. The molecule has 0 radical (unpaired) electrons. The first-order chi connectivity index (χ1) is 14.2. The van der Waals surface area contributed by atoms with Crippen LogP contribution in [0.5, 0.6) is 5.75 Å². The van der Waals surface area contributed by atoms with Gasteiger partial charge in [-0.25, -0.2) is 5.43 Å². The Bertz CT molecular complexity index is 719. The normalized spacial score (nSPS) is 21.9. The average molecular weight is 405 g/mol. The second-order valence-electron chi connectivity index (χ2n) is 7.94. The van der Waals surface area contributed by atoms with Gasteiger partial charge in [0.25, 0.3) is 5.91 Å². The highest BCUT2D eigenvalue weighted by Crippen LogP contribution is 2.40. The summed E-state index contributed by atoms with van der Waals surface area (Å²) in [4.78, 5) is 15.3. The van der Waals surface area contributed by atoms with Crippen molar-refractivity contribution in [1.29, 1.82) is 0 Å². The number of rotatable bonds is 9. The van der Waals surface area contributed by atoms with Crippen LogP contribution in [0.15, 0.2) is 12.1 Å². The molecule has 160 valence electrons. The van der Waals surface area contributed by atoms with E-state index in [9.17, 15) is 4.79 Å². The summed E-state index contributed by atoms with van der Waals surface area (Å²) in [7, 11) is 1.69. The zero-order valence-corrected chi connectivity index (χ0v) is 17.3. The fourth-order valence-electron chi connectivity index (χ4n) is 4.04. The molecular weight excluding hydrogens is 372 g/mol. The molecule has 1 aliphatic carbocycles. The van der Waals surface area contributed by atoms with Crippen LogP contribution in [0.3, 0.4) is 0 Å². The monoisotopic (exact) mass is 404 g/mol. The number of fused-ring (bicyclic) bond motifs is 1. The Labute approximate surface area is 172 Å². The van der Waals surface area contributed by atoms with Crippen LogP contribution in [0.2, 0.25) is 0 Å². The summed E-state index contributed by atoms with van der Waals surface area (Å²) in [5, 5.41) is 3.27. The first-order valence-electron chi connectivity index (χ1n) is 10.6. The molecule has 1 saturated heterocycles. The summed E-state index contributed by atoms with van der Waals surface area (Å²) in [5.74, 6) is 0.913. The van der Waals surface area contributed by atoms with Gasteiger partial charge in [-0.2, -0.15) is 0 Å². The van der Waals surface area contributed by atoms with Gasteiger partial charge in [0.1, 0.15) is 11.9 Å². The molecule has 0 unspecified atom stereocenters. The maximum atomic E-state index is 13.2. The maximum absolute atomic E-state index is 13.2. The smallest absolute Gasteiger partial charge is 0.253 e. The van der Waals surface area contributed by atoms with E-state index in [1.165, 1.54) is 0 Å². The molecule has 2 fully saturated rings. The van der Waals surface area contributed by atoms with Crippen molar-refractivity contribution in [2.45, 2.75) is 50.9 Å². The molecule has 0 aromatic heterocycles. The molecule has 29 heavy (non-hydrogen) atoms. The zero-order valence-electron chi connectivity index (χ0n) is 17.3. The number of amides is 1. The van der Waals surface area contributed by atoms with E-state index in [2.05, 4.69) is 35.2 Å². The van der Waals surface area contributed by atoms with Gasteiger partial charge >= 0.3 is 0 Å². The fourth-order valence-corrected chi connectivity index (χ4v) is 4.04. The molecule has 0 bridgehead atoms. The second-order valence-corrected chi connectivity index (χ2v) is 7.94. The standard InChI is InChI=1S/C21H32N4O4/c1-14(25(17-4-5-17)21(26)19-13-22-6-9-29-19)15-10-16-12-23-24-20(16)18(11-15)28-8-3-7-27-2/h10-11,14,17,19,22-24H,3-9,12-13H2,1-2H3/t14-,19+/m0/s1. The van der Waals surface area contributed by atoms with Crippen molar-refractivity contribution in [2.75, 3.05) is 45.4 Å². The van der Waals surface area contributed by atoms with Crippen molar-refractivity contribution < 1.29 is 19.0 Å². The van der Waals surface area contributed by atoms with E-state index >= 15 is 0 Å². The number of nitrogens with one attached hydrogen (secondary N) is 3. The van der Waals surface area contributed by atoms with Crippen LogP contribution < -0.4 is 20.9 Å². The Morgan fingerprint density at radius 3 is 2.93 bits per heavy atom. The van der Waals surface area contributed by atoms with Crippen molar-refractivity contribution in [3.8, 4) is 5.75 Å². The molecule has 2 aliphatic heterocycles. The molecule has 1 aromatic rings. The van der Waals surface area contributed by atoms with Crippen LogP contribution in [-0.4, -0.2) is 63.0 Å². The molecular formula is C21H32N4O4. The highest BCUT2D eigenvalue weighted by atomic mass is 16.5. The van der Waals surface area contributed by atoms with Crippen LogP contribution in [0.4, 0.5) is 5.69 Å². The lowest BCUT2D eigenvalue weighted by molar-refractivity contribution is -0.148. The minimum Gasteiger partial charge on any atom is -0.491 e. The van der Waals surface area contributed by atoms with Gasteiger partial charge in [-0.15, -0.1) is 0 Å². The van der Waals surface area contributed by atoms with Gasteiger partial charge in [0.2, 0.25) is 0 Å². The minimum absolute atomic E-state index is 0.0345. The SMILES string of the molecule is COCCCOc1cc([C@H](C)N(C(=O)[C@H]2CNCCO2)C2CC2)cc2c1NNC2. The van der Waals surface area contributed by atoms with E-state index in [1.807, 2.05) is 4.90 Å². The van der Waals surface area contributed by atoms with E-state index in [-0.39, 0.29) is 11.9 Å². The van der Waals surface area contributed by atoms with Crippen molar-refractivity contribution in [1.82, 2.24) is 15.6 Å². The maximum Gasteiger partial charge on any atom is 0.253 e. The summed E-state index contributed by atoms with van der Waals surface area (Å²) >= 11 is 0. The van der Waals surface area contributed by atoms with Gasteiger partial charge in [-0.1, -0.05) is 0 Å². The third-order valence-corrected chi connectivity index (χ3v) is 5.75. The zero-order chi connectivity index (χ0) is 20.2. The summed E-state index contributed by atoms with van der Waals surface area (Å²) in [6.07, 6.45) is 2.56. The van der Waals surface area contributed by atoms with Crippen molar-refractivity contribution in [3.05, 3.63) is 23.3 Å². The molecule has 1 aromatic carbocycles. The van der Waals surface area contributed by atoms with Crippen molar-refractivity contribution in [2.24, 2.45) is 0 Å². The Kier molecular flexibility index (Phi) is 6.54. The fraction of sp³-hybridized carbons (Fsp3) is 0.667. The number of methoxy groups -OCH3 is 1. The number of hydrogen-bond acceptors (Lipinski definition) is 7. The number of benzene rings is 1. The predicted octanol–water partition coefficient (Wildman–Crippen LogP) is 1.57. The average Bonchev–Trinajstić information content (AvgIpc) is 3.46. The van der Waals surface area contributed by atoms with Crippen LogP contribution in [-0.2, 0) is 20.8 Å². The van der Waals surface area contributed by atoms with Gasteiger partial charge in [0, 0.05) is 45.8 Å². The number of hydrogen-bond donors (Lipinski definition) is 3. The Balaban J connectivity index is 1.54. The molecule has 8 heteroatoms. The Morgan fingerprint density at radius 1 is 1.34 bits per heavy atom. The number of carbonyl (C=O) groups excluding carboxylic acids is 1. The highest BCUT2D eigenvalue weighted by Gasteiger charge is 2.40. The van der Waals surface area contributed by atoms with Gasteiger partial charge in [0.15, 0.2) is 0 Å². The number of carbonyl (C=O) groups is 1. The van der Waals surface area contributed by atoms with Gasteiger partial charge in [0.05, 0.1) is 24.9 Å². The van der Waals surface area contributed by atoms with Crippen molar-refractivity contribution >= 4 is 11.6 Å². The van der Waals surface area contributed by atoms with E-state index in [1.54, 1.807) is 7.11 Å². The first kappa shape index (κ1) is 20.4. The molecule has 8 nitrogen and oxygen atoms in total. The van der Waals surface area contributed by atoms with E-state index in [4.69, 9.17) is 14.2 Å². The summed E-state index contributed by atoms with van der Waals surface area (Å²) in [5.41, 5.74) is 9.62. The van der Waals surface area contributed by atoms with Crippen LogP contribution >= 0.6 is 0 Å². The van der Waals surface area contributed by atoms with Crippen LogP contribution in [0.25, 0.3) is 0 Å².